The molecule has 0 spiro atoms. The lowest BCUT2D eigenvalue weighted by Gasteiger charge is -2.10. The first-order valence-corrected chi connectivity index (χ1v) is 6.56. The number of nitrogens with one attached hydrogen (secondary N) is 3. The van der Waals surface area contributed by atoms with Crippen LogP contribution in [-0.4, -0.2) is 35.6 Å². The Balaban J connectivity index is 2.39. The summed E-state index contributed by atoms with van der Waals surface area (Å²) in [6.45, 7) is 3.91. The summed E-state index contributed by atoms with van der Waals surface area (Å²) >= 11 is 0. The Morgan fingerprint density at radius 3 is 2.57 bits per heavy atom. The number of anilines is 1. The van der Waals surface area contributed by atoms with Gasteiger partial charge in [0.15, 0.2) is 0 Å². The van der Waals surface area contributed by atoms with Crippen molar-refractivity contribution in [3.05, 3.63) is 29.8 Å². The third-order valence-corrected chi connectivity index (χ3v) is 2.45. The lowest BCUT2D eigenvalue weighted by molar-refractivity contribution is -0.121. The summed E-state index contributed by atoms with van der Waals surface area (Å²) < 4.78 is 0. The van der Waals surface area contributed by atoms with Gasteiger partial charge in [-0.25, -0.2) is 9.59 Å². The minimum atomic E-state index is -1.07. The summed E-state index contributed by atoms with van der Waals surface area (Å²) in [4.78, 5) is 33.8. The summed E-state index contributed by atoms with van der Waals surface area (Å²) in [5.41, 5.74) is 0.461. The van der Waals surface area contributed by atoms with Crippen molar-refractivity contribution in [3.63, 3.8) is 0 Å². The van der Waals surface area contributed by atoms with E-state index in [1.165, 1.54) is 18.2 Å². The highest BCUT2D eigenvalue weighted by molar-refractivity contribution is 5.93. The molecule has 1 aromatic carbocycles. The van der Waals surface area contributed by atoms with E-state index >= 15 is 0 Å². The molecular formula is C14H19N3O4. The van der Waals surface area contributed by atoms with Gasteiger partial charge in [0.25, 0.3) is 0 Å². The summed E-state index contributed by atoms with van der Waals surface area (Å²) in [5.74, 6) is -1.21. The molecule has 0 aromatic heterocycles. The zero-order chi connectivity index (χ0) is 15.8. The molecule has 7 heteroatoms. The Bertz CT molecular complexity index is 529. The van der Waals surface area contributed by atoms with E-state index in [1.807, 2.05) is 13.8 Å². The standard InChI is InChI=1S/C14H19N3O4/c1-9(2)16-12(18)6-7-15-14(21)17-11-5-3-4-10(8-11)13(19)20/h3-5,8-9H,6-7H2,1-2H3,(H,16,18)(H,19,20)(H2,15,17,21). The molecule has 0 bridgehead atoms. The first-order chi connectivity index (χ1) is 9.88. The van der Waals surface area contributed by atoms with Gasteiger partial charge in [0, 0.05) is 24.7 Å². The van der Waals surface area contributed by atoms with E-state index < -0.39 is 12.0 Å². The molecule has 3 amide bonds. The van der Waals surface area contributed by atoms with Gasteiger partial charge in [0.2, 0.25) is 5.91 Å². The van der Waals surface area contributed by atoms with Crippen LogP contribution in [-0.2, 0) is 4.79 Å². The second kappa shape index (κ2) is 7.88. The van der Waals surface area contributed by atoms with E-state index in [2.05, 4.69) is 16.0 Å². The van der Waals surface area contributed by atoms with Crippen molar-refractivity contribution in [3.8, 4) is 0 Å². The zero-order valence-electron chi connectivity index (χ0n) is 12.0. The number of rotatable bonds is 6. The summed E-state index contributed by atoms with van der Waals surface area (Å²) in [7, 11) is 0. The first kappa shape index (κ1) is 16.5. The molecule has 4 N–H and O–H groups in total. The first-order valence-electron chi connectivity index (χ1n) is 6.56. The fourth-order valence-corrected chi connectivity index (χ4v) is 1.59. The highest BCUT2D eigenvalue weighted by atomic mass is 16.4. The smallest absolute Gasteiger partial charge is 0.335 e. The van der Waals surface area contributed by atoms with Crippen LogP contribution in [0.15, 0.2) is 24.3 Å². The maximum atomic E-state index is 11.6. The number of hydrogen-bond donors (Lipinski definition) is 4. The molecule has 0 unspecified atom stereocenters. The molecule has 0 fully saturated rings. The van der Waals surface area contributed by atoms with Crippen LogP contribution >= 0.6 is 0 Å². The van der Waals surface area contributed by atoms with Crippen LogP contribution in [0, 0.1) is 0 Å². The third kappa shape index (κ3) is 6.42. The minimum absolute atomic E-state index is 0.0603. The van der Waals surface area contributed by atoms with Gasteiger partial charge < -0.3 is 21.1 Å². The largest absolute Gasteiger partial charge is 0.478 e. The lowest BCUT2D eigenvalue weighted by Crippen LogP contribution is -2.35. The van der Waals surface area contributed by atoms with Crippen molar-refractivity contribution in [1.29, 1.82) is 0 Å². The molecular weight excluding hydrogens is 274 g/mol. The molecule has 1 aromatic rings. The molecule has 0 atom stereocenters. The number of amides is 3. The van der Waals surface area contributed by atoms with Crippen LogP contribution in [0.3, 0.4) is 0 Å². The predicted octanol–water partition coefficient (Wildman–Crippen LogP) is 1.42. The quantitative estimate of drug-likeness (QED) is 0.636. The molecule has 114 valence electrons. The van der Waals surface area contributed by atoms with E-state index in [9.17, 15) is 14.4 Å². The molecule has 7 nitrogen and oxygen atoms in total. The molecule has 21 heavy (non-hydrogen) atoms. The van der Waals surface area contributed by atoms with E-state index in [1.54, 1.807) is 6.07 Å². The average molecular weight is 293 g/mol. The fraction of sp³-hybridized carbons (Fsp3) is 0.357. The second-order valence-electron chi connectivity index (χ2n) is 4.74. The van der Waals surface area contributed by atoms with Gasteiger partial charge in [-0.1, -0.05) is 6.07 Å². The van der Waals surface area contributed by atoms with Crippen molar-refractivity contribution >= 4 is 23.6 Å². The van der Waals surface area contributed by atoms with Crippen molar-refractivity contribution in [2.24, 2.45) is 0 Å². The number of hydrogen-bond acceptors (Lipinski definition) is 3. The summed E-state index contributed by atoms with van der Waals surface area (Å²) in [6, 6.07) is 5.47. The van der Waals surface area contributed by atoms with E-state index in [4.69, 9.17) is 5.11 Å². The Morgan fingerprint density at radius 1 is 1.24 bits per heavy atom. The number of carbonyl (C=O) groups excluding carboxylic acids is 2. The van der Waals surface area contributed by atoms with Gasteiger partial charge in [-0.2, -0.15) is 0 Å². The molecule has 1 rings (SSSR count). The summed E-state index contributed by atoms with van der Waals surface area (Å²) in [5, 5.41) is 16.6. The van der Waals surface area contributed by atoms with Crippen molar-refractivity contribution in [1.82, 2.24) is 10.6 Å². The summed E-state index contributed by atoms with van der Waals surface area (Å²) in [6.07, 6.45) is 0.181. The monoisotopic (exact) mass is 293 g/mol. The van der Waals surface area contributed by atoms with Crippen molar-refractivity contribution in [2.45, 2.75) is 26.3 Å². The normalized spacial score (nSPS) is 10.0. The highest BCUT2D eigenvalue weighted by Gasteiger charge is 2.07. The number of carboxylic acids is 1. The van der Waals surface area contributed by atoms with Crippen LogP contribution in [0.2, 0.25) is 0 Å². The van der Waals surface area contributed by atoms with E-state index in [0.717, 1.165) is 0 Å². The Morgan fingerprint density at radius 2 is 1.95 bits per heavy atom. The maximum absolute atomic E-state index is 11.6. The molecule has 0 aliphatic heterocycles. The lowest BCUT2D eigenvalue weighted by atomic mass is 10.2. The Kier molecular flexibility index (Phi) is 6.19. The van der Waals surface area contributed by atoms with Gasteiger partial charge in [-0.3, -0.25) is 4.79 Å². The molecule has 0 radical (unpaired) electrons. The molecule has 0 aliphatic rings. The Hall–Kier alpha value is -2.57. The highest BCUT2D eigenvalue weighted by Crippen LogP contribution is 2.10. The SMILES string of the molecule is CC(C)NC(=O)CCNC(=O)Nc1cccc(C(=O)O)c1. The third-order valence-electron chi connectivity index (χ3n) is 2.45. The van der Waals surface area contributed by atoms with Crippen LogP contribution in [0.25, 0.3) is 0 Å². The number of aromatic carboxylic acids is 1. The van der Waals surface area contributed by atoms with Crippen LogP contribution in [0.4, 0.5) is 10.5 Å². The second-order valence-corrected chi connectivity index (χ2v) is 4.74. The minimum Gasteiger partial charge on any atom is -0.478 e. The van der Waals surface area contributed by atoms with Crippen molar-refractivity contribution in [2.75, 3.05) is 11.9 Å². The van der Waals surface area contributed by atoms with Gasteiger partial charge in [-0.05, 0) is 32.0 Å². The van der Waals surface area contributed by atoms with Gasteiger partial charge in [-0.15, -0.1) is 0 Å². The van der Waals surface area contributed by atoms with Crippen LogP contribution < -0.4 is 16.0 Å². The molecule has 0 aliphatic carbocycles. The average Bonchev–Trinajstić information content (AvgIpc) is 2.37. The number of carboxylic acid groups (broad SMARTS) is 1. The van der Waals surface area contributed by atoms with E-state index in [0.29, 0.717) is 5.69 Å². The topological polar surface area (TPSA) is 108 Å². The molecule has 0 heterocycles. The number of carbonyl (C=O) groups is 3. The predicted molar refractivity (Wildman–Crippen MR) is 78.3 cm³/mol. The number of benzene rings is 1. The van der Waals surface area contributed by atoms with Gasteiger partial charge in [0.05, 0.1) is 5.56 Å². The van der Waals surface area contributed by atoms with Crippen molar-refractivity contribution < 1.29 is 19.5 Å². The van der Waals surface area contributed by atoms with Crippen LogP contribution in [0.1, 0.15) is 30.6 Å². The van der Waals surface area contributed by atoms with Crippen LogP contribution in [0.5, 0.6) is 0 Å². The Labute approximate surface area is 122 Å². The van der Waals surface area contributed by atoms with E-state index in [-0.39, 0.29) is 30.5 Å². The van der Waals surface area contributed by atoms with Gasteiger partial charge >= 0.3 is 12.0 Å². The maximum Gasteiger partial charge on any atom is 0.335 e. The fourth-order valence-electron chi connectivity index (χ4n) is 1.59. The van der Waals surface area contributed by atoms with Gasteiger partial charge in [0.1, 0.15) is 0 Å². The zero-order valence-corrected chi connectivity index (χ0v) is 12.0. The molecule has 0 saturated carbocycles. The molecule has 0 saturated heterocycles. The number of urea groups is 1.